The highest BCUT2D eigenvalue weighted by Gasteiger charge is 2.44. The van der Waals surface area contributed by atoms with E-state index in [4.69, 9.17) is 4.74 Å². The first kappa shape index (κ1) is 14.8. The van der Waals surface area contributed by atoms with Crippen LogP contribution in [-0.4, -0.2) is 46.3 Å². The second-order valence-corrected chi connectivity index (χ2v) is 6.57. The molecule has 110 valence electrons. The molecule has 1 heterocycles. The fourth-order valence-corrected chi connectivity index (χ4v) is 3.54. The van der Waals surface area contributed by atoms with Crippen LogP contribution in [0, 0.1) is 0 Å². The van der Waals surface area contributed by atoms with Gasteiger partial charge in [0.25, 0.3) is 0 Å². The van der Waals surface area contributed by atoms with Gasteiger partial charge in [-0.3, -0.25) is 9.69 Å². The van der Waals surface area contributed by atoms with Crippen molar-refractivity contribution in [1.82, 2.24) is 4.90 Å². The third kappa shape index (κ3) is 2.95. The molecular formula is C15H27NO3. The second-order valence-electron chi connectivity index (χ2n) is 6.57. The van der Waals surface area contributed by atoms with E-state index in [2.05, 4.69) is 0 Å². The third-order valence-corrected chi connectivity index (χ3v) is 4.97. The number of likely N-dealkylation sites (N-methyl/N-ethyl adjacent to an activating group) is 1. The molecule has 1 spiro atoms. The maximum Gasteiger partial charge on any atom is 0.323 e. The molecule has 0 radical (unpaired) electrons. The van der Waals surface area contributed by atoms with Crippen LogP contribution in [0.2, 0.25) is 0 Å². The lowest BCUT2D eigenvalue weighted by Crippen LogP contribution is -2.52. The molecule has 1 saturated heterocycles. The van der Waals surface area contributed by atoms with Gasteiger partial charge in [-0.25, -0.2) is 0 Å². The molecule has 2 aliphatic rings. The van der Waals surface area contributed by atoms with Crippen molar-refractivity contribution in [2.45, 2.75) is 76.5 Å². The zero-order valence-corrected chi connectivity index (χ0v) is 12.4. The highest BCUT2D eigenvalue weighted by atomic mass is 16.5. The standard InChI is InChI=1S/C15H27NO3/c1-4-16(14(2,3)13(17)18)11-12-7-10-15(19-12)8-5-6-9-15/h12H,4-11H2,1-3H3,(H,17,18). The topological polar surface area (TPSA) is 49.8 Å². The number of carboxylic acid groups (broad SMARTS) is 1. The van der Waals surface area contributed by atoms with E-state index in [0.717, 1.165) is 25.9 Å². The SMILES string of the molecule is CCN(CC1CCC2(CCCC2)O1)C(C)(C)C(=O)O. The number of carboxylic acids is 1. The lowest BCUT2D eigenvalue weighted by molar-refractivity contribution is -0.150. The minimum Gasteiger partial charge on any atom is -0.480 e. The Morgan fingerprint density at radius 3 is 2.53 bits per heavy atom. The number of ether oxygens (including phenoxy) is 1. The molecule has 0 aromatic rings. The van der Waals surface area contributed by atoms with Crippen LogP contribution in [0.5, 0.6) is 0 Å². The molecule has 0 amide bonds. The zero-order valence-electron chi connectivity index (χ0n) is 12.4. The van der Waals surface area contributed by atoms with Crippen LogP contribution in [0.25, 0.3) is 0 Å². The summed E-state index contributed by atoms with van der Waals surface area (Å²) < 4.78 is 6.28. The Bertz CT molecular complexity index is 334. The summed E-state index contributed by atoms with van der Waals surface area (Å²) in [4.78, 5) is 13.4. The van der Waals surface area contributed by atoms with Crippen molar-refractivity contribution in [3.8, 4) is 0 Å². The van der Waals surface area contributed by atoms with E-state index < -0.39 is 11.5 Å². The van der Waals surface area contributed by atoms with E-state index in [1.165, 1.54) is 25.7 Å². The van der Waals surface area contributed by atoms with Crippen LogP contribution in [0.3, 0.4) is 0 Å². The van der Waals surface area contributed by atoms with Gasteiger partial charge in [0.1, 0.15) is 5.54 Å². The second kappa shape index (κ2) is 5.41. The van der Waals surface area contributed by atoms with E-state index in [1.807, 2.05) is 11.8 Å². The predicted molar refractivity (Wildman–Crippen MR) is 74.3 cm³/mol. The number of nitrogens with zero attached hydrogens (tertiary/aromatic N) is 1. The van der Waals surface area contributed by atoms with Crippen LogP contribution in [0.1, 0.15) is 59.3 Å². The van der Waals surface area contributed by atoms with Gasteiger partial charge < -0.3 is 9.84 Å². The van der Waals surface area contributed by atoms with Gasteiger partial charge in [-0.15, -0.1) is 0 Å². The first-order valence-electron chi connectivity index (χ1n) is 7.56. The van der Waals surface area contributed by atoms with E-state index in [0.29, 0.717) is 0 Å². The van der Waals surface area contributed by atoms with Crippen LogP contribution < -0.4 is 0 Å². The summed E-state index contributed by atoms with van der Waals surface area (Å²) in [7, 11) is 0. The van der Waals surface area contributed by atoms with Gasteiger partial charge in [0.05, 0.1) is 11.7 Å². The van der Waals surface area contributed by atoms with Crippen molar-refractivity contribution < 1.29 is 14.6 Å². The summed E-state index contributed by atoms with van der Waals surface area (Å²) in [5, 5.41) is 9.34. The number of aliphatic carboxylic acids is 1. The van der Waals surface area contributed by atoms with E-state index in [-0.39, 0.29) is 11.7 Å². The third-order valence-electron chi connectivity index (χ3n) is 4.97. The lowest BCUT2D eigenvalue weighted by atomic mass is 9.98. The molecule has 0 aromatic carbocycles. The monoisotopic (exact) mass is 269 g/mol. The van der Waals surface area contributed by atoms with Crippen molar-refractivity contribution in [1.29, 1.82) is 0 Å². The minimum absolute atomic E-state index is 0.136. The Labute approximate surface area is 116 Å². The molecule has 1 N–H and O–H groups in total. The van der Waals surface area contributed by atoms with Crippen molar-refractivity contribution in [2.75, 3.05) is 13.1 Å². The van der Waals surface area contributed by atoms with Gasteiger partial charge in [0.2, 0.25) is 0 Å². The molecule has 2 rings (SSSR count). The van der Waals surface area contributed by atoms with Crippen LogP contribution in [-0.2, 0) is 9.53 Å². The summed E-state index contributed by atoms with van der Waals surface area (Å²) in [6.45, 7) is 7.05. The molecule has 0 bridgehead atoms. The molecule has 0 aromatic heterocycles. The van der Waals surface area contributed by atoms with Crippen molar-refractivity contribution in [3.05, 3.63) is 0 Å². The van der Waals surface area contributed by atoms with Gasteiger partial charge in [-0.05, 0) is 46.1 Å². The normalized spacial score (nSPS) is 26.4. The van der Waals surface area contributed by atoms with Gasteiger partial charge in [0.15, 0.2) is 0 Å². The first-order chi connectivity index (χ1) is 8.89. The Hall–Kier alpha value is -0.610. The average molecular weight is 269 g/mol. The summed E-state index contributed by atoms with van der Waals surface area (Å²) in [6.07, 6.45) is 7.39. The Morgan fingerprint density at radius 1 is 1.37 bits per heavy atom. The quantitative estimate of drug-likeness (QED) is 0.833. The number of rotatable bonds is 5. The maximum atomic E-state index is 11.4. The van der Waals surface area contributed by atoms with Crippen LogP contribution in [0.15, 0.2) is 0 Å². The summed E-state index contributed by atoms with van der Waals surface area (Å²) >= 11 is 0. The minimum atomic E-state index is -0.816. The molecule has 1 aliphatic heterocycles. The number of hydrogen-bond donors (Lipinski definition) is 1. The van der Waals surface area contributed by atoms with Gasteiger partial charge >= 0.3 is 5.97 Å². The first-order valence-corrected chi connectivity index (χ1v) is 7.56. The smallest absolute Gasteiger partial charge is 0.323 e. The van der Waals surface area contributed by atoms with Crippen LogP contribution in [0.4, 0.5) is 0 Å². The molecule has 4 nitrogen and oxygen atoms in total. The molecule has 1 aliphatic carbocycles. The Kier molecular flexibility index (Phi) is 4.21. The number of carbonyl (C=O) groups is 1. The largest absolute Gasteiger partial charge is 0.480 e. The molecule has 1 saturated carbocycles. The molecule has 1 unspecified atom stereocenters. The molecule has 4 heteroatoms. The highest BCUT2D eigenvalue weighted by Crippen LogP contribution is 2.43. The highest BCUT2D eigenvalue weighted by molar-refractivity contribution is 5.77. The zero-order chi connectivity index (χ0) is 14.1. The van der Waals surface area contributed by atoms with E-state index >= 15 is 0 Å². The van der Waals surface area contributed by atoms with Crippen molar-refractivity contribution >= 4 is 5.97 Å². The fourth-order valence-electron chi connectivity index (χ4n) is 3.54. The Balaban J connectivity index is 1.95. The van der Waals surface area contributed by atoms with Crippen molar-refractivity contribution in [2.24, 2.45) is 0 Å². The summed E-state index contributed by atoms with van der Waals surface area (Å²) in [6, 6.07) is 0. The van der Waals surface area contributed by atoms with Crippen molar-refractivity contribution in [3.63, 3.8) is 0 Å². The molecular weight excluding hydrogens is 242 g/mol. The molecule has 19 heavy (non-hydrogen) atoms. The van der Waals surface area contributed by atoms with Gasteiger partial charge in [0, 0.05) is 6.54 Å². The van der Waals surface area contributed by atoms with E-state index in [1.54, 1.807) is 13.8 Å². The average Bonchev–Trinajstić information content (AvgIpc) is 2.97. The van der Waals surface area contributed by atoms with Gasteiger partial charge in [-0.2, -0.15) is 0 Å². The summed E-state index contributed by atoms with van der Waals surface area (Å²) in [5.74, 6) is -0.761. The lowest BCUT2D eigenvalue weighted by Gasteiger charge is -2.36. The van der Waals surface area contributed by atoms with Gasteiger partial charge in [-0.1, -0.05) is 19.8 Å². The summed E-state index contributed by atoms with van der Waals surface area (Å²) in [5.41, 5.74) is -0.680. The molecule has 1 atom stereocenters. The number of hydrogen-bond acceptors (Lipinski definition) is 3. The van der Waals surface area contributed by atoms with Crippen LogP contribution >= 0.6 is 0 Å². The fraction of sp³-hybridized carbons (Fsp3) is 0.933. The molecule has 2 fully saturated rings. The van der Waals surface area contributed by atoms with E-state index in [9.17, 15) is 9.90 Å². The Morgan fingerprint density at radius 2 is 2.00 bits per heavy atom. The predicted octanol–water partition coefficient (Wildman–Crippen LogP) is 2.66. The maximum absolute atomic E-state index is 11.4.